The Hall–Kier alpha value is -0.744. The number of H-pyrrole nitrogens is 3. The minimum Gasteiger partial charge on any atom is -0.460 e. The summed E-state index contributed by atoms with van der Waals surface area (Å²) in [6.07, 6.45) is 0. The molecule has 8 nitrogen and oxygen atoms in total. The number of ether oxygens (including phenoxy) is 1. The van der Waals surface area contributed by atoms with Gasteiger partial charge in [-0.3, -0.25) is 14.8 Å². The number of aromatic nitrogens is 4. The number of fused-ring (bicyclic) bond motifs is 1. The van der Waals surface area contributed by atoms with Crippen LogP contribution in [0.2, 0.25) is 0 Å². The van der Waals surface area contributed by atoms with E-state index in [9.17, 15) is 14.4 Å². The molecule has 0 spiro atoms. The topological polar surface area (TPSA) is 121 Å². The van der Waals surface area contributed by atoms with Crippen LogP contribution < -0.4 is 11.2 Å². The Kier molecular flexibility index (Phi) is 4.83. The van der Waals surface area contributed by atoms with Gasteiger partial charge >= 0.3 is 11.7 Å². The van der Waals surface area contributed by atoms with Crippen molar-refractivity contribution in [3.63, 3.8) is 0 Å². The zero-order valence-corrected chi connectivity index (χ0v) is 12.4. The summed E-state index contributed by atoms with van der Waals surface area (Å²) in [6.45, 7) is 1.85. The van der Waals surface area contributed by atoms with E-state index in [1.165, 1.54) is 0 Å². The molecule has 3 N–H and O–H groups in total. The van der Waals surface area contributed by atoms with Gasteiger partial charge in [0.15, 0.2) is 5.65 Å². The average molecular weight is 263 g/mol. The molecule has 17 heavy (non-hydrogen) atoms. The van der Waals surface area contributed by atoms with E-state index in [0.717, 1.165) is 0 Å². The predicted octanol–water partition coefficient (Wildman–Crippen LogP) is -1.26. The summed E-state index contributed by atoms with van der Waals surface area (Å²) < 4.78 is 4.69. The number of imidazole rings is 1. The van der Waals surface area contributed by atoms with Crippen molar-refractivity contribution in [2.45, 2.75) is 6.92 Å². The quantitative estimate of drug-likeness (QED) is 0.461. The van der Waals surface area contributed by atoms with Gasteiger partial charge in [-0.2, -0.15) is 0 Å². The van der Waals surface area contributed by atoms with Crippen molar-refractivity contribution >= 4 is 68.5 Å². The van der Waals surface area contributed by atoms with Gasteiger partial charge in [-0.15, -0.1) is 0 Å². The van der Waals surface area contributed by atoms with Crippen LogP contribution in [0.25, 0.3) is 11.2 Å². The molecule has 0 aliphatic rings. The molecule has 0 amide bonds. The second kappa shape index (κ2) is 5.73. The summed E-state index contributed by atoms with van der Waals surface area (Å²) >= 11 is 0. The zero-order chi connectivity index (χ0) is 11.7. The second-order valence-corrected chi connectivity index (χ2v) is 2.94. The number of carbonyl (C=O) groups is 1. The molecule has 0 saturated carbocycles. The molecule has 0 aromatic carbocycles. The third kappa shape index (κ3) is 2.93. The van der Waals surface area contributed by atoms with Crippen molar-refractivity contribution in [1.82, 2.24) is 19.9 Å². The molecule has 0 saturated heterocycles. The number of carbonyl (C=O) groups excluding carboxylic acids is 1. The van der Waals surface area contributed by atoms with Gasteiger partial charge in [-0.25, -0.2) is 14.6 Å². The summed E-state index contributed by atoms with van der Waals surface area (Å²) in [7, 11) is 0. The first-order valence-electron chi connectivity index (χ1n) is 4.51. The fraction of sp³-hybridized carbons (Fsp3) is 0.250. The third-order valence-electron chi connectivity index (χ3n) is 1.86. The van der Waals surface area contributed by atoms with Gasteiger partial charge in [0.25, 0.3) is 5.56 Å². The Bertz CT molecular complexity index is 655. The maximum absolute atomic E-state index is 11.3. The Morgan fingerprint density at radius 1 is 1.29 bits per heavy atom. The van der Waals surface area contributed by atoms with E-state index in [-0.39, 0.29) is 75.0 Å². The third-order valence-corrected chi connectivity index (χ3v) is 1.86. The molecular formula is C8H8KN4O4. The second-order valence-electron chi connectivity index (χ2n) is 2.94. The zero-order valence-electron chi connectivity index (χ0n) is 9.29. The molecule has 0 aliphatic heterocycles. The van der Waals surface area contributed by atoms with Gasteiger partial charge in [-0.05, 0) is 6.92 Å². The Balaban J connectivity index is 0.00000144. The fourth-order valence-electron chi connectivity index (χ4n) is 1.23. The van der Waals surface area contributed by atoms with Gasteiger partial charge < -0.3 is 9.72 Å². The van der Waals surface area contributed by atoms with Crippen molar-refractivity contribution in [3.05, 3.63) is 26.7 Å². The SMILES string of the molecule is CCOC(=O)c1nc2[nH]c(=O)[nH]c(=O)c2[nH]1.[K]. The molecule has 2 heterocycles. The van der Waals surface area contributed by atoms with Crippen LogP contribution in [0.15, 0.2) is 9.59 Å². The van der Waals surface area contributed by atoms with Crippen LogP contribution in [0.3, 0.4) is 0 Å². The van der Waals surface area contributed by atoms with E-state index in [1.54, 1.807) is 6.92 Å². The molecule has 85 valence electrons. The van der Waals surface area contributed by atoms with Crippen LogP contribution in [0.4, 0.5) is 0 Å². The van der Waals surface area contributed by atoms with Crippen LogP contribution in [0.1, 0.15) is 17.5 Å². The van der Waals surface area contributed by atoms with Crippen molar-refractivity contribution in [1.29, 1.82) is 0 Å². The van der Waals surface area contributed by atoms with E-state index in [4.69, 9.17) is 4.74 Å². The van der Waals surface area contributed by atoms with E-state index < -0.39 is 17.2 Å². The first-order chi connectivity index (χ1) is 7.61. The molecule has 0 aliphatic carbocycles. The van der Waals surface area contributed by atoms with Crippen LogP contribution in [0, 0.1) is 0 Å². The number of esters is 1. The predicted molar refractivity (Wildman–Crippen MR) is 59.0 cm³/mol. The Morgan fingerprint density at radius 3 is 2.65 bits per heavy atom. The average Bonchev–Trinajstić information content (AvgIpc) is 2.62. The summed E-state index contributed by atoms with van der Waals surface area (Å²) in [5.74, 6) is -0.803. The number of aromatic amines is 3. The molecule has 0 atom stereocenters. The maximum atomic E-state index is 11.3. The molecular weight excluding hydrogens is 255 g/mol. The van der Waals surface area contributed by atoms with Crippen LogP contribution >= 0.6 is 0 Å². The van der Waals surface area contributed by atoms with E-state index in [2.05, 4.69) is 15.0 Å². The van der Waals surface area contributed by atoms with Gasteiger partial charge in [0.05, 0.1) is 6.61 Å². The van der Waals surface area contributed by atoms with Gasteiger partial charge in [0.2, 0.25) is 5.82 Å². The molecule has 2 aromatic rings. The number of nitrogens with one attached hydrogen (secondary N) is 3. The van der Waals surface area contributed by atoms with Crippen molar-refractivity contribution in [3.8, 4) is 0 Å². The molecule has 0 bridgehead atoms. The fourth-order valence-corrected chi connectivity index (χ4v) is 1.23. The minimum absolute atomic E-state index is 0. The van der Waals surface area contributed by atoms with E-state index in [0.29, 0.717) is 0 Å². The van der Waals surface area contributed by atoms with Gasteiger partial charge in [-0.1, -0.05) is 0 Å². The summed E-state index contributed by atoms with van der Waals surface area (Å²) in [5, 5.41) is 0. The number of rotatable bonds is 2. The van der Waals surface area contributed by atoms with Crippen molar-refractivity contribution in [2.75, 3.05) is 6.61 Å². The number of nitrogens with zero attached hydrogens (tertiary/aromatic N) is 1. The van der Waals surface area contributed by atoms with E-state index >= 15 is 0 Å². The largest absolute Gasteiger partial charge is 0.460 e. The molecule has 0 fully saturated rings. The minimum atomic E-state index is -0.682. The summed E-state index contributed by atoms with van der Waals surface area (Å²) in [6, 6.07) is 0. The molecule has 1 radical (unpaired) electrons. The van der Waals surface area contributed by atoms with Crippen molar-refractivity contribution in [2.24, 2.45) is 0 Å². The van der Waals surface area contributed by atoms with Gasteiger partial charge in [0.1, 0.15) is 5.52 Å². The molecule has 9 heteroatoms. The van der Waals surface area contributed by atoms with Crippen LogP contribution in [-0.2, 0) is 4.74 Å². The molecule has 2 aromatic heterocycles. The van der Waals surface area contributed by atoms with Crippen molar-refractivity contribution < 1.29 is 9.53 Å². The summed E-state index contributed by atoms with van der Waals surface area (Å²) in [4.78, 5) is 44.0. The molecule has 2 rings (SSSR count). The van der Waals surface area contributed by atoms with E-state index in [1.807, 2.05) is 4.98 Å². The van der Waals surface area contributed by atoms with Crippen LogP contribution in [-0.4, -0.2) is 83.9 Å². The Labute approximate surface area is 137 Å². The van der Waals surface area contributed by atoms with Gasteiger partial charge in [0, 0.05) is 51.4 Å². The first-order valence-corrected chi connectivity index (χ1v) is 4.51. The standard InChI is InChI=1S/C8H8N4O4.K/c1-2-16-7(14)5-9-3-4(10-5)11-8(15)12-6(3)13;/h2H2,1H3,(H3,9,10,11,12,13,15);. The first kappa shape index (κ1) is 14.3. The molecule has 0 unspecified atom stereocenters. The maximum Gasteiger partial charge on any atom is 0.374 e. The number of hydrogen-bond donors (Lipinski definition) is 3. The number of hydrogen-bond acceptors (Lipinski definition) is 5. The normalized spacial score (nSPS) is 9.94. The monoisotopic (exact) mass is 263 g/mol. The Morgan fingerprint density at radius 2 is 2.00 bits per heavy atom. The summed E-state index contributed by atoms with van der Waals surface area (Å²) in [5.41, 5.74) is -1.26. The smallest absolute Gasteiger partial charge is 0.374 e. The van der Waals surface area contributed by atoms with Crippen LogP contribution in [0.5, 0.6) is 0 Å².